The highest BCUT2D eigenvalue weighted by Crippen LogP contribution is 2.57. The topological polar surface area (TPSA) is 27.7 Å². The molecular weight excluding hydrogens is 332 g/mol. The number of benzene rings is 1. The number of methoxy groups -OCH3 is 3. The number of rotatable bonds is 5. The number of hydrogen-bond donors (Lipinski definition) is 0. The molecule has 2 aliphatic rings. The summed E-state index contributed by atoms with van der Waals surface area (Å²) < 4.78 is 16.5. The van der Waals surface area contributed by atoms with Gasteiger partial charge in [-0.1, -0.05) is 28.4 Å². The van der Waals surface area contributed by atoms with E-state index >= 15 is 0 Å². The Bertz CT molecular complexity index is 517. The lowest BCUT2D eigenvalue weighted by atomic mass is 9.84. The molecule has 116 valence electrons. The molecule has 2 saturated carbocycles. The number of alkyl halides is 1. The Labute approximate surface area is 135 Å². The second-order valence-electron chi connectivity index (χ2n) is 6.16. The molecule has 2 aliphatic carbocycles. The van der Waals surface area contributed by atoms with E-state index in [-0.39, 0.29) is 0 Å². The Balaban J connectivity index is 1.94. The van der Waals surface area contributed by atoms with Crippen molar-refractivity contribution < 1.29 is 14.2 Å². The van der Waals surface area contributed by atoms with E-state index in [2.05, 4.69) is 22.0 Å². The van der Waals surface area contributed by atoms with E-state index in [1.165, 1.54) is 31.2 Å². The van der Waals surface area contributed by atoms with Crippen molar-refractivity contribution in [2.75, 3.05) is 21.3 Å². The van der Waals surface area contributed by atoms with Crippen LogP contribution in [0.3, 0.4) is 0 Å². The average Bonchev–Trinajstić information content (AvgIpc) is 3.15. The fourth-order valence-corrected chi connectivity index (χ4v) is 5.23. The summed E-state index contributed by atoms with van der Waals surface area (Å²) in [5, 5.41) is 0. The van der Waals surface area contributed by atoms with Gasteiger partial charge in [0, 0.05) is 10.4 Å². The lowest BCUT2D eigenvalue weighted by Crippen LogP contribution is -2.16. The maximum Gasteiger partial charge on any atom is 0.203 e. The number of fused-ring (bicyclic) bond motifs is 2. The first kappa shape index (κ1) is 15.0. The van der Waals surface area contributed by atoms with E-state index in [0.29, 0.717) is 22.2 Å². The van der Waals surface area contributed by atoms with Gasteiger partial charge < -0.3 is 14.2 Å². The molecule has 2 fully saturated rings. The van der Waals surface area contributed by atoms with Crippen molar-refractivity contribution in [1.29, 1.82) is 0 Å². The number of halogens is 1. The van der Waals surface area contributed by atoms with Gasteiger partial charge in [0.1, 0.15) is 0 Å². The van der Waals surface area contributed by atoms with Crippen molar-refractivity contribution in [1.82, 2.24) is 0 Å². The Morgan fingerprint density at radius 1 is 1.00 bits per heavy atom. The third kappa shape index (κ3) is 2.52. The van der Waals surface area contributed by atoms with Gasteiger partial charge in [0.25, 0.3) is 0 Å². The highest BCUT2D eigenvalue weighted by atomic mass is 79.9. The van der Waals surface area contributed by atoms with Crippen LogP contribution >= 0.6 is 15.9 Å². The van der Waals surface area contributed by atoms with Crippen molar-refractivity contribution in [2.45, 2.75) is 30.5 Å². The summed E-state index contributed by atoms with van der Waals surface area (Å²) in [7, 11) is 5.00. The van der Waals surface area contributed by atoms with Crippen LogP contribution < -0.4 is 14.2 Å². The standard InChI is InChI=1S/C17H23BrO3/c1-19-14-7-6-12(16(20-2)17(14)21-3)15(18)13-9-10-4-5-11(13)8-10/h6-7,10-11,13,15H,4-5,8-9H2,1-3H3. The molecular formula is C17H23BrO3. The van der Waals surface area contributed by atoms with Crippen LogP contribution in [0.5, 0.6) is 17.2 Å². The fraction of sp³-hybridized carbons (Fsp3) is 0.647. The first-order valence-electron chi connectivity index (χ1n) is 7.62. The van der Waals surface area contributed by atoms with Crippen LogP contribution in [0.1, 0.15) is 36.1 Å². The molecule has 3 rings (SSSR count). The molecule has 3 nitrogen and oxygen atoms in total. The number of hydrogen-bond acceptors (Lipinski definition) is 3. The maximum absolute atomic E-state index is 5.64. The van der Waals surface area contributed by atoms with Gasteiger partial charge in [-0.25, -0.2) is 0 Å². The third-order valence-corrected chi connectivity index (χ3v) is 6.37. The summed E-state index contributed by atoms with van der Waals surface area (Å²) in [6.07, 6.45) is 5.54. The Morgan fingerprint density at radius 3 is 2.29 bits per heavy atom. The highest BCUT2D eigenvalue weighted by molar-refractivity contribution is 9.09. The van der Waals surface area contributed by atoms with Gasteiger partial charge in [-0.3, -0.25) is 0 Å². The van der Waals surface area contributed by atoms with Gasteiger partial charge in [0.15, 0.2) is 11.5 Å². The van der Waals surface area contributed by atoms with Gasteiger partial charge >= 0.3 is 0 Å². The molecule has 1 aromatic rings. The zero-order chi connectivity index (χ0) is 15.0. The first-order chi connectivity index (χ1) is 10.2. The summed E-state index contributed by atoms with van der Waals surface area (Å²) in [6.45, 7) is 0. The smallest absolute Gasteiger partial charge is 0.203 e. The molecule has 4 heteroatoms. The van der Waals surface area contributed by atoms with E-state index < -0.39 is 0 Å². The van der Waals surface area contributed by atoms with Gasteiger partial charge in [0.05, 0.1) is 21.3 Å². The van der Waals surface area contributed by atoms with Crippen LogP contribution in [0, 0.1) is 17.8 Å². The lowest BCUT2D eigenvalue weighted by Gasteiger charge is -2.28. The maximum atomic E-state index is 5.64. The quantitative estimate of drug-likeness (QED) is 0.724. The minimum absolute atomic E-state index is 0.322. The van der Waals surface area contributed by atoms with E-state index in [1.807, 2.05) is 6.07 Å². The van der Waals surface area contributed by atoms with E-state index in [1.54, 1.807) is 21.3 Å². The molecule has 0 heterocycles. The van der Waals surface area contributed by atoms with Crippen LogP contribution in [0.2, 0.25) is 0 Å². The van der Waals surface area contributed by atoms with Crippen LogP contribution in [-0.2, 0) is 0 Å². The third-order valence-electron chi connectivity index (χ3n) is 5.20. The molecule has 0 spiro atoms. The van der Waals surface area contributed by atoms with Crippen molar-refractivity contribution in [3.05, 3.63) is 17.7 Å². The van der Waals surface area contributed by atoms with Gasteiger partial charge in [-0.05, 0) is 43.1 Å². The van der Waals surface area contributed by atoms with Crippen LogP contribution in [0.15, 0.2) is 12.1 Å². The summed E-state index contributed by atoms with van der Waals surface area (Å²) in [5.41, 5.74) is 1.17. The lowest BCUT2D eigenvalue weighted by molar-refractivity contribution is 0.307. The van der Waals surface area contributed by atoms with E-state index in [9.17, 15) is 0 Å². The monoisotopic (exact) mass is 354 g/mol. The molecule has 4 unspecified atom stereocenters. The van der Waals surface area contributed by atoms with Crippen molar-refractivity contribution in [2.24, 2.45) is 17.8 Å². The second kappa shape index (κ2) is 6.07. The molecule has 0 aliphatic heterocycles. The summed E-state index contributed by atoms with van der Waals surface area (Å²) in [4.78, 5) is 0.322. The van der Waals surface area contributed by atoms with Crippen molar-refractivity contribution in [3.8, 4) is 17.2 Å². The first-order valence-corrected chi connectivity index (χ1v) is 8.54. The van der Waals surface area contributed by atoms with Crippen molar-refractivity contribution >= 4 is 15.9 Å². The minimum atomic E-state index is 0.322. The second-order valence-corrected chi connectivity index (χ2v) is 7.15. The van der Waals surface area contributed by atoms with Crippen molar-refractivity contribution in [3.63, 3.8) is 0 Å². The molecule has 0 amide bonds. The summed E-state index contributed by atoms with van der Waals surface area (Å²) in [5.74, 6) is 4.69. The number of ether oxygens (including phenoxy) is 3. The predicted molar refractivity (Wildman–Crippen MR) is 86.7 cm³/mol. The average molecular weight is 355 g/mol. The molecule has 0 N–H and O–H groups in total. The molecule has 4 atom stereocenters. The summed E-state index contributed by atoms with van der Waals surface area (Å²) in [6, 6.07) is 4.07. The SMILES string of the molecule is COc1ccc(C(Br)C2CC3CCC2C3)c(OC)c1OC. The summed E-state index contributed by atoms with van der Waals surface area (Å²) >= 11 is 3.94. The molecule has 21 heavy (non-hydrogen) atoms. The molecule has 0 saturated heterocycles. The highest BCUT2D eigenvalue weighted by Gasteiger charge is 2.43. The molecule has 2 bridgehead atoms. The molecule has 0 aromatic heterocycles. The minimum Gasteiger partial charge on any atom is -0.493 e. The normalized spacial score (nSPS) is 28.5. The molecule has 0 radical (unpaired) electrons. The zero-order valence-corrected chi connectivity index (χ0v) is 14.5. The Morgan fingerprint density at radius 2 is 1.76 bits per heavy atom. The van der Waals surface area contributed by atoms with Gasteiger partial charge in [-0.15, -0.1) is 0 Å². The van der Waals surface area contributed by atoms with E-state index in [0.717, 1.165) is 17.6 Å². The van der Waals surface area contributed by atoms with Gasteiger partial charge in [-0.2, -0.15) is 0 Å². The van der Waals surface area contributed by atoms with Gasteiger partial charge in [0.2, 0.25) is 5.75 Å². The van der Waals surface area contributed by atoms with Crippen LogP contribution in [-0.4, -0.2) is 21.3 Å². The fourth-order valence-electron chi connectivity index (χ4n) is 4.22. The Hall–Kier alpha value is -0.900. The van der Waals surface area contributed by atoms with E-state index in [4.69, 9.17) is 14.2 Å². The zero-order valence-electron chi connectivity index (χ0n) is 12.9. The predicted octanol–water partition coefficient (Wildman–Crippen LogP) is 4.58. The molecule has 1 aromatic carbocycles. The van der Waals surface area contributed by atoms with Crippen LogP contribution in [0.4, 0.5) is 0 Å². The van der Waals surface area contributed by atoms with Crippen LogP contribution in [0.25, 0.3) is 0 Å². The largest absolute Gasteiger partial charge is 0.493 e. The Kier molecular flexibility index (Phi) is 4.34.